The van der Waals surface area contributed by atoms with Crippen molar-refractivity contribution in [3.05, 3.63) is 0 Å². The minimum atomic E-state index is 0.133. The zero-order chi connectivity index (χ0) is 9.40. The van der Waals surface area contributed by atoms with Gasteiger partial charge in [0, 0.05) is 19.6 Å². The molecule has 0 heterocycles. The van der Waals surface area contributed by atoms with Crippen LogP contribution in [0.4, 0.5) is 0 Å². The minimum absolute atomic E-state index is 0.133. The molecule has 0 radical (unpaired) electrons. The summed E-state index contributed by atoms with van der Waals surface area (Å²) in [7, 11) is 1.68. The Morgan fingerprint density at radius 1 is 1.58 bits per heavy atom. The van der Waals surface area contributed by atoms with Gasteiger partial charge >= 0.3 is 0 Å². The summed E-state index contributed by atoms with van der Waals surface area (Å²) < 4.78 is 5.14. The third-order valence-electron chi connectivity index (χ3n) is 1.91. The van der Waals surface area contributed by atoms with Crippen LogP contribution >= 0.6 is 0 Å². The molecule has 0 aliphatic carbocycles. The first-order valence-electron chi connectivity index (χ1n) is 4.14. The third-order valence-corrected chi connectivity index (χ3v) is 1.91. The van der Waals surface area contributed by atoms with E-state index in [1.807, 2.05) is 13.8 Å². The van der Waals surface area contributed by atoms with Gasteiger partial charge in [0.2, 0.25) is 0 Å². The quantitative estimate of drug-likeness (QED) is 0.362. The Bertz CT molecular complexity index is 160. The normalized spacial score (nSPS) is 14.7. The van der Waals surface area contributed by atoms with E-state index in [0.29, 0.717) is 0 Å². The van der Waals surface area contributed by atoms with Gasteiger partial charge in [-0.3, -0.25) is 11.3 Å². The fourth-order valence-corrected chi connectivity index (χ4v) is 0.970. The van der Waals surface area contributed by atoms with Crippen molar-refractivity contribution in [1.82, 2.24) is 5.43 Å². The van der Waals surface area contributed by atoms with E-state index in [-0.39, 0.29) is 12.1 Å². The highest BCUT2D eigenvalue weighted by Crippen LogP contribution is 2.03. The highest BCUT2D eigenvalue weighted by Gasteiger charge is 2.13. The maximum absolute atomic E-state index is 5.35. The lowest BCUT2D eigenvalue weighted by Crippen LogP contribution is -2.43. The van der Waals surface area contributed by atoms with Gasteiger partial charge in [0.05, 0.1) is 6.10 Å². The van der Waals surface area contributed by atoms with Gasteiger partial charge in [-0.1, -0.05) is 0 Å². The van der Waals surface area contributed by atoms with Crippen molar-refractivity contribution in [2.45, 2.75) is 38.8 Å². The summed E-state index contributed by atoms with van der Waals surface area (Å²) in [4.78, 5) is 0. The Hall–Kier alpha value is -0.560. The molecule has 3 nitrogen and oxygen atoms in total. The van der Waals surface area contributed by atoms with Crippen LogP contribution in [-0.4, -0.2) is 19.3 Å². The minimum Gasteiger partial charge on any atom is -0.380 e. The Morgan fingerprint density at radius 2 is 2.25 bits per heavy atom. The highest BCUT2D eigenvalue weighted by atomic mass is 16.5. The molecule has 0 saturated heterocycles. The van der Waals surface area contributed by atoms with E-state index in [1.165, 1.54) is 0 Å². The van der Waals surface area contributed by atoms with Crippen LogP contribution in [0.15, 0.2) is 0 Å². The van der Waals surface area contributed by atoms with E-state index < -0.39 is 0 Å². The average Bonchev–Trinajstić information content (AvgIpc) is 2.11. The fourth-order valence-electron chi connectivity index (χ4n) is 0.970. The second-order valence-electron chi connectivity index (χ2n) is 2.68. The molecule has 0 aliphatic rings. The lowest BCUT2D eigenvalue weighted by molar-refractivity contribution is 0.0806. The highest BCUT2D eigenvalue weighted by molar-refractivity contribution is 4.95. The van der Waals surface area contributed by atoms with Crippen molar-refractivity contribution in [2.24, 2.45) is 5.84 Å². The molecule has 0 aromatic rings. The molecule has 3 heteroatoms. The predicted octanol–water partition coefficient (Wildman–Crippen LogP) is 0.657. The van der Waals surface area contributed by atoms with Crippen molar-refractivity contribution in [3.63, 3.8) is 0 Å². The number of nitrogens with two attached hydrogens (primary N) is 1. The molecule has 0 aromatic carbocycles. The zero-order valence-corrected chi connectivity index (χ0v) is 8.05. The van der Waals surface area contributed by atoms with Gasteiger partial charge in [-0.05, 0) is 20.3 Å². The largest absolute Gasteiger partial charge is 0.380 e. The second kappa shape index (κ2) is 7.11. The van der Waals surface area contributed by atoms with E-state index in [1.54, 1.807) is 7.11 Å². The van der Waals surface area contributed by atoms with Crippen LogP contribution in [-0.2, 0) is 4.74 Å². The van der Waals surface area contributed by atoms with E-state index in [9.17, 15) is 0 Å². The van der Waals surface area contributed by atoms with Crippen LogP contribution < -0.4 is 11.3 Å². The van der Waals surface area contributed by atoms with Gasteiger partial charge in [0.1, 0.15) is 0 Å². The first kappa shape index (κ1) is 11.4. The van der Waals surface area contributed by atoms with Crippen LogP contribution in [0, 0.1) is 11.8 Å². The molecule has 3 N–H and O–H groups in total. The number of ether oxygens (including phenoxy) is 1. The van der Waals surface area contributed by atoms with Crippen molar-refractivity contribution in [1.29, 1.82) is 0 Å². The number of methoxy groups -OCH3 is 1. The lowest BCUT2D eigenvalue weighted by atomic mass is 10.1. The summed E-state index contributed by atoms with van der Waals surface area (Å²) >= 11 is 0. The van der Waals surface area contributed by atoms with E-state index in [0.717, 1.165) is 12.8 Å². The van der Waals surface area contributed by atoms with E-state index in [4.69, 9.17) is 10.6 Å². The van der Waals surface area contributed by atoms with Crippen molar-refractivity contribution >= 4 is 0 Å². The Morgan fingerprint density at radius 3 is 2.67 bits per heavy atom. The number of hydrazine groups is 1. The summed E-state index contributed by atoms with van der Waals surface area (Å²) in [5.74, 6) is 11.2. The molecule has 0 amide bonds. The topological polar surface area (TPSA) is 47.3 Å². The number of rotatable bonds is 5. The molecule has 0 bridgehead atoms. The molecule has 12 heavy (non-hydrogen) atoms. The summed E-state index contributed by atoms with van der Waals surface area (Å²) in [6.07, 6.45) is 1.92. The first-order chi connectivity index (χ1) is 5.76. The predicted molar refractivity (Wildman–Crippen MR) is 50.3 cm³/mol. The molecular weight excluding hydrogens is 152 g/mol. The van der Waals surface area contributed by atoms with Crippen LogP contribution in [0.25, 0.3) is 0 Å². The van der Waals surface area contributed by atoms with Crippen molar-refractivity contribution in [3.8, 4) is 11.8 Å². The first-order valence-corrected chi connectivity index (χ1v) is 4.14. The van der Waals surface area contributed by atoms with Crippen LogP contribution in [0.1, 0.15) is 26.7 Å². The molecule has 2 unspecified atom stereocenters. The number of nitrogens with one attached hydrogen (secondary N) is 1. The number of hydrogen-bond donors (Lipinski definition) is 2. The molecule has 2 atom stereocenters. The SMILES string of the molecule is CC#CCCC(NN)C(C)OC. The van der Waals surface area contributed by atoms with Crippen LogP contribution in [0.3, 0.4) is 0 Å². The summed E-state index contributed by atoms with van der Waals surface area (Å²) in [6, 6.07) is 0.191. The van der Waals surface area contributed by atoms with Gasteiger partial charge in [-0.2, -0.15) is 0 Å². The molecule has 0 aromatic heterocycles. The molecular formula is C9H18N2O. The van der Waals surface area contributed by atoms with Crippen LogP contribution in [0.2, 0.25) is 0 Å². The van der Waals surface area contributed by atoms with Crippen LogP contribution in [0.5, 0.6) is 0 Å². The standard InChI is InChI=1S/C9H18N2O/c1-4-5-6-7-9(11-10)8(2)12-3/h8-9,11H,6-7,10H2,1-3H3. The van der Waals surface area contributed by atoms with E-state index >= 15 is 0 Å². The summed E-state index contributed by atoms with van der Waals surface area (Å²) in [5, 5.41) is 0. The van der Waals surface area contributed by atoms with E-state index in [2.05, 4.69) is 17.3 Å². The lowest BCUT2D eigenvalue weighted by Gasteiger charge is -2.20. The third kappa shape index (κ3) is 4.35. The zero-order valence-electron chi connectivity index (χ0n) is 8.05. The van der Waals surface area contributed by atoms with Gasteiger partial charge < -0.3 is 4.74 Å². The molecule has 70 valence electrons. The molecule has 0 spiro atoms. The summed E-state index contributed by atoms with van der Waals surface area (Å²) in [6.45, 7) is 3.83. The van der Waals surface area contributed by atoms with Gasteiger partial charge in [0.25, 0.3) is 0 Å². The van der Waals surface area contributed by atoms with Crippen molar-refractivity contribution in [2.75, 3.05) is 7.11 Å². The Balaban J connectivity index is 3.71. The van der Waals surface area contributed by atoms with Gasteiger partial charge in [-0.15, -0.1) is 11.8 Å². The fraction of sp³-hybridized carbons (Fsp3) is 0.778. The molecule has 0 saturated carbocycles. The Labute approximate surface area is 74.6 Å². The molecule has 0 rings (SSSR count). The Kier molecular flexibility index (Phi) is 6.78. The maximum Gasteiger partial charge on any atom is 0.0709 e. The van der Waals surface area contributed by atoms with Gasteiger partial charge in [-0.25, -0.2) is 0 Å². The van der Waals surface area contributed by atoms with Crippen molar-refractivity contribution < 1.29 is 4.74 Å². The molecule has 0 fully saturated rings. The van der Waals surface area contributed by atoms with Gasteiger partial charge in [0.15, 0.2) is 0 Å². The summed E-state index contributed by atoms with van der Waals surface area (Å²) in [5.41, 5.74) is 2.72. The smallest absolute Gasteiger partial charge is 0.0709 e. The molecule has 0 aliphatic heterocycles. The average molecular weight is 170 g/mol. The monoisotopic (exact) mass is 170 g/mol. The number of hydrogen-bond acceptors (Lipinski definition) is 3. The second-order valence-corrected chi connectivity index (χ2v) is 2.68. The maximum atomic E-state index is 5.35.